The van der Waals surface area contributed by atoms with Gasteiger partial charge < -0.3 is 5.11 Å². The van der Waals surface area contributed by atoms with E-state index >= 15 is 0 Å². The molecule has 1 atom stereocenters. The van der Waals surface area contributed by atoms with E-state index in [9.17, 15) is 5.11 Å². The van der Waals surface area contributed by atoms with Crippen molar-refractivity contribution in [3.63, 3.8) is 0 Å². The van der Waals surface area contributed by atoms with E-state index in [0.717, 1.165) is 44.6 Å². The van der Waals surface area contributed by atoms with Gasteiger partial charge in [-0.25, -0.2) is 0 Å². The fourth-order valence-corrected chi connectivity index (χ4v) is 3.95. The summed E-state index contributed by atoms with van der Waals surface area (Å²) < 4.78 is 1.88. The molecule has 5 heteroatoms. The molecule has 1 aliphatic rings. The van der Waals surface area contributed by atoms with E-state index < -0.39 is 6.10 Å². The fraction of sp³-hybridized carbons (Fsp3) is 0.812. The molecule has 0 radical (unpaired) electrons. The van der Waals surface area contributed by atoms with Crippen molar-refractivity contribution in [3.8, 4) is 0 Å². The van der Waals surface area contributed by atoms with Gasteiger partial charge in [-0.15, -0.1) is 0 Å². The number of aromatic nitrogens is 2. The van der Waals surface area contributed by atoms with Gasteiger partial charge in [0.15, 0.2) is 0 Å². The summed E-state index contributed by atoms with van der Waals surface area (Å²) >= 11 is 6.34. The van der Waals surface area contributed by atoms with Crippen molar-refractivity contribution in [1.82, 2.24) is 14.7 Å². The van der Waals surface area contributed by atoms with Crippen LogP contribution < -0.4 is 0 Å². The van der Waals surface area contributed by atoms with Crippen LogP contribution >= 0.6 is 11.6 Å². The highest BCUT2D eigenvalue weighted by Crippen LogP contribution is 2.41. The molecule has 0 bridgehead atoms. The lowest BCUT2D eigenvalue weighted by Gasteiger charge is -2.44. The molecule has 0 aromatic carbocycles. The van der Waals surface area contributed by atoms with Crippen molar-refractivity contribution >= 4 is 11.6 Å². The molecule has 2 rings (SSSR count). The largest absolute Gasteiger partial charge is 0.385 e. The van der Waals surface area contributed by atoms with Gasteiger partial charge in [-0.05, 0) is 45.2 Å². The van der Waals surface area contributed by atoms with Crippen LogP contribution in [0.15, 0.2) is 6.20 Å². The van der Waals surface area contributed by atoms with Crippen LogP contribution in [0.5, 0.6) is 0 Å². The maximum Gasteiger partial charge on any atom is 0.115 e. The van der Waals surface area contributed by atoms with E-state index in [1.165, 1.54) is 12.8 Å². The van der Waals surface area contributed by atoms with Crippen molar-refractivity contribution in [3.05, 3.63) is 16.9 Å². The maximum atomic E-state index is 11.2. The molecule has 0 amide bonds. The lowest BCUT2D eigenvalue weighted by Crippen LogP contribution is -2.51. The van der Waals surface area contributed by atoms with E-state index in [1.54, 1.807) is 6.20 Å². The molecule has 1 saturated heterocycles. The van der Waals surface area contributed by atoms with Gasteiger partial charge in [-0.1, -0.05) is 32.4 Å². The summed E-state index contributed by atoms with van der Waals surface area (Å²) in [4.78, 5) is 2.46. The molecule has 0 spiro atoms. The Bertz CT molecular complexity index is 450. The van der Waals surface area contributed by atoms with Crippen LogP contribution in [0.25, 0.3) is 0 Å². The standard InChI is InChI=1S/C16H28ClN3O/c1-4-9-20-14(13(17)12-18-20)15(21)16(5-2,6-3)19-10-7-8-11-19/h12,15,21H,4-11H2,1-3H3. The van der Waals surface area contributed by atoms with Crippen molar-refractivity contribution in [1.29, 1.82) is 0 Å². The monoisotopic (exact) mass is 313 g/mol. The first-order valence-corrected chi connectivity index (χ1v) is 8.62. The molecular weight excluding hydrogens is 286 g/mol. The molecule has 1 aromatic heterocycles. The zero-order valence-electron chi connectivity index (χ0n) is 13.5. The summed E-state index contributed by atoms with van der Waals surface area (Å²) in [5, 5.41) is 16.1. The summed E-state index contributed by atoms with van der Waals surface area (Å²) in [5.41, 5.74) is 0.556. The van der Waals surface area contributed by atoms with E-state index in [-0.39, 0.29) is 5.54 Å². The quantitative estimate of drug-likeness (QED) is 0.835. The Hall–Kier alpha value is -0.580. The Morgan fingerprint density at radius 3 is 2.43 bits per heavy atom. The second-order valence-corrected chi connectivity index (χ2v) is 6.42. The molecule has 2 heterocycles. The summed E-state index contributed by atoms with van der Waals surface area (Å²) in [6.45, 7) is 9.37. The molecule has 0 aliphatic carbocycles. The Kier molecular flexibility index (Phi) is 5.69. The van der Waals surface area contributed by atoms with Gasteiger partial charge in [0.25, 0.3) is 0 Å². The van der Waals surface area contributed by atoms with Gasteiger partial charge in [-0.2, -0.15) is 5.10 Å². The van der Waals surface area contributed by atoms with E-state index in [4.69, 9.17) is 11.6 Å². The molecular formula is C16H28ClN3O. The van der Waals surface area contributed by atoms with Gasteiger partial charge in [-0.3, -0.25) is 9.58 Å². The van der Waals surface area contributed by atoms with Gasteiger partial charge in [0.05, 0.1) is 22.5 Å². The minimum absolute atomic E-state index is 0.230. The van der Waals surface area contributed by atoms with Crippen LogP contribution in [0, 0.1) is 0 Å². The van der Waals surface area contributed by atoms with Gasteiger partial charge in [0.1, 0.15) is 6.10 Å². The topological polar surface area (TPSA) is 41.3 Å². The summed E-state index contributed by atoms with van der Waals surface area (Å²) in [6.07, 6.45) is 6.32. The molecule has 21 heavy (non-hydrogen) atoms. The number of nitrogens with zero attached hydrogens (tertiary/aromatic N) is 3. The molecule has 1 fully saturated rings. The normalized spacial score (nSPS) is 18.3. The first kappa shape index (κ1) is 16.8. The number of likely N-dealkylation sites (tertiary alicyclic amines) is 1. The van der Waals surface area contributed by atoms with Crippen LogP contribution in [0.2, 0.25) is 5.02 Å². The number of halogens is 1. The van der Waals surface area contributed by atoms with E-state index in [0.29, 0.717) is 5.02 Å². The maximum absolute atomic E-state index is 11.2. The second-order valence-electron chi connectivity index (χ2n) is 6.01. The first-order valence-electron chi connectivity index (χ1n) is 8.25. The summed E-state index contributed by atoms with van der Waals surface area (Å²) in [5.74, 6) is 0. The summed E-state index contributed by atoms with van der Waals surface area (Å²) in [6, 6.07) is 0. The highest BCUT2D eigenvalue weighted by atomic mass is 35.5. The Balaban J connectivity index is 2.38. The third kappa shape index (κ3) is 2.99. The Morgan fingerprint density at radius 2 is 1.90 bits per heavy atom. The van der Waals surface area contributed by atoms with Gasteiger partial charge >= 0.3 is 0 Å². The number of hydrogen-bond acceptors (Lipinski definition) is 3. The summed E-state index contributed by atoms with van der Waals surface area (Å²) in [7, 11) is 0. The minimum atomic E-state index is -0.591. The van der Waals surface area contributed by atoms with Crippen LogP contribution in [-0.2, 0) is 6.54 Å². The molecule has 0 saturated carbocycles. The molecule has 1 unspecified atom stereocenters. The van der Waals surface area contributed by atoms with Gasteiger partial charge in [0, 0.05) is 6.54 Å². The third-order valence-corrected chi connectivity index (χ3v) is 5.29. The van der Waals surface area contributed by atoms with Crippen molar-refractivity contribution in [2.24, 2.45) is 0 Å². The predicted molar refractivity (Wildman–Crippen MR) is 86.6 cm³/mol. The predicted octanol–water partition coefficient (Wildman–Crippen LogP) is 3.63. The number of aliphatic hydroxyl groups excluding tert-OH is 1. The first-order chi connectivity index (χ1) is 10.1. The average molecular weight is 314 g/mol. The van der Waals surface area contributed by atoms with Gasteiger partial charge in [0.2, 0.25) is 0 Å². The molecule has 1 aliphatic heterocycles. The SMILES string of the molecule is CCCn1ncc(Cl)c1C(O)C(CC)(CC)N1CCCC1. The highest BCUT2D eigenvalue weighted by Gasteiger charge is 2.44. The fourth-order valence-electron chi connectivity index (χ4n) is 3.71. The minimum Gasteiger partial charge on any atom is -0.385 e. The third-order valence-electron chi connectivity index (χ3n) is 5.00. The smallest absolute Gasteiger partial charge is 0.115 e. The molecule has 120 valence electrons. The zero-order valence-corrected chi connectivity index (χ0v) is 14.2. The number of aryl methyl sites for hydroxylation is 1. The van der Waals surface area contributed by atoms with Crippen LogP contribution in [0.3, 0.4) is 0 Å². The zero-order chi connectivity index (χ0) is 15.5. The molecule has 1 aromatic rings. The van der Waals surface area contributed by atoms with Crippen molar-refractivity contribution in [2.45, 2.75) is 71.1 Å². The Labute approximate surface area is 133 Å². The number of rotatable bonds is 7. The molecule has 1 N–H and O–H groups in total. The van der Waals surface area contributed by atoms with E-state index in [2.05, 4.69) is 30.8 Å². The number of hydrogen-bond donors (Lipinski definition) is 1. The lowest BCUT2D eigenvalue weighted by molar-refractivity contribution is -0.0339. The van der Waals surface area contributed by atoms with Crippen molar-refractivity contribution in [2.75, 3.05) is 13.1 Å². The van der Waals surface area contributed by atoms with Crippen LogP contribution in [0.1, 0.15) is 64.7 Å². The second kappa shape index (κ2) is 7.12. The van der Waals surface area contributed by atoms with Crippen molar-refractivity contribution < 1.29 is 5.11 Å². The van der Waals surface area contributed by atoms with Crippen LogP contribution in [0.4, 0.5) is 0 Å². The molecule has 4 nitrogen and oxygen atoms in total. The Morgan fingerprint density at radius 1 is 1.29 bits per heavy atom. The van der Waals surface area contributed by atoms with E-state index in [1.807, 2.05) is 4.68 Å². The highest BCUT2D eigenvalue weighted by molar-refractivity contribution is 6.31. The number of aliphatic hydroxyl groups is 1. The average Bonchev–Trinajstić information content (AvgIpc) is 3.12. The van der Waals surface area contributed by atoms with Crippen LogP contribution in [-0.4, -0.2) is 38.4 Å². The lowest BCUT2D eigenvalue weighted by atomic mass is 9.83.